The summed E-state index contributed by atoms with van der Waals surface area (Å²) in [5.41, 5.74) is 0.560. The minimum atomic E-state index is -3.70. The molecule has 1 saturated carbocycles. The van der Waals surface area contributed by atoms with Crippen molar-refractivity contribution in [2.45, 2.75) is 31.1 Å². The van der Waals surface area contributed by atoms with Crippen LogP contribution >= 0.6 is 0 Å². The highest BCUT2D eigenvalue weighted by molar-refractivity contribution is 7.89. The predicted octanol–water partition coefficient (Wildman–Crippen LogP) is 1.99. The molecule has 0 bridgehead atoms. The number of nitrogens with one attached hydrogen (secondary N) is 1. The fraction of sp³-hybridized carbons (Fsp3) is 0.500. The SMILES string of the molecule is CCCN(CC1CC1)C(=O)Nc1ccc(S(N)(=O)=O)cc1. The van der Waals surface area contributed by atoms with E-state index in [1.807, 2.05) is 11.8 Å². The minimum absolute atomic E-state index is 0.0314. The third kappa shape index (κ3) is 4.71. The Morgan fingerprint density at radius 2 is 1.95 bits per heavy atom. The number of anilines is 1. The van der Waals surface area contributed by atoms with E-state index in [0.29, 0.717) is 11.6 Å². The van der Waals surface area contributed by atoms with Crippen LogP contribution in [0.2, 0.25) is 0 Å². The van der Waals surface area contributed by atoms with Crippen molar-refractivity contribution in [2.75, 3.05) is 18.4 Å². The minimum Gasteiger partial charge on any atom is -0.324 e. The molecular weight excluding hydrogens is 290 g/mol. The van der Waals surface area contributed by atoms with Gasteiger partial charge < -0.3 is 10.2 Å². The topological polar surface area (TPSA) is 92.5 Å². The smallest absolute Gasteiger partial charge is 0.321 e. The molecule has 2 amide bonds. The molecule has 1 aliphatic rings. The standard InChI is InChI=1S/C14H21N3O3S/c1-2-9-17(10-11-3-4-11)14(18)16-12-5-7-13(8-6-12)21(15,19)20/h5-8,11H,2-4,9-10H2,1H3,(H,16,18)(H2,15,19,20). The molecule has 2 rings (SSSR count). The zero-order valence-electron chi connectivity index (χ0n) is 12.1. The summed E-state index contributed by atoms with van der Waals surface area (Å²) in [5, 5.41) is 7.82. The van der Waals surface area contributed by atoms with Crippen molar-refractivity contribution in [1.29, 1.82) is 0 Å². The zero-order chi connectivity index (χ0) is 15.5. The molecule has 0 unspecified atom stereocenters. The van der Waals surface area contributed by atoms with Crippen LogP contribution in [-0.4, -0.2) is 32.4 Å². The number of hydrogen-bond acceptors (Lipinski definition) is 3. The number of primary sulfonamides is 1. The Morgan fingerprint density at radius 1 is 1.33 bits per heavy atom. The molecule has 0 saturated heterocycles. The second-order valence-electron chi connectivity index (χ2n) is 5.39. The van der Waals surface area contributed by atoms with Gasteiger partial charge in [0.2, 0.25) is 10.0 Å². The van der Waals surface area contributed by atoms with Crippen LogP contribution in [0.1, 0.15) is 26.2 Å². The van der Waals surface area contributed by atoms with E-state index in [1.165, 1.54) is 25.0 Å². The lowest BCUT2D eigenvalue weighted by Crippen LogP contribution is -2.37. The number of carbonyl (C=O) groups is 1. The van der Waals surface area contributed by atoms with Crippen LogP contribution in [0.15, 0.2) is 29.2 Å². The highest BCUT2D eigenvalue weighted by Gasteiger charge is 2.26. The number of rotatable bonds is 6. The summed E-state index contributed by atoms with van der Waals surface area (Å²) in [6, 6.07) is 5.70. The third-order valence-corrected chi connectivity index (χ3v) is 4.32. The number of urea groups is 1. The number of nitrogens with zero attached hydrogens (tertiary/aromatic N) is 1. The Morgan fingerprint density at radius 3 is 2.43 bits per heavy atom. The van der Waals surface area contributed by atoms with E-state index in [-0.39, 0.29) is 10.9 Å². The summed E-state index contributed by atoms with van der Waals surface area (Å²) in [4.78, 5) is 14.1. The first-order valence-electron chi connectivity index (χ1n) is 7.09. The van der Waals surface area contributed by atoms with Gasteiger partial charge in [-0.15, -0.1) is 0 Å². The summed E-state index contributed by atoms with van der Waals surface area (Å²) in [5.74, 6) is 0.632. The number of hydrogen-bond donors (Lipinski definition) is 2. The predicted molar refractivity (Wildman–Crippen MR) is 81.4 cm³/mol. The van der Waals surface area contributed by atoms with Crippen molar-refractivity contribution in [1.82, 2.24) is 4.90 Å². The molecule has 6 nitrogen and oxygen atoms in total. The number of amides is 2. The van der Waals surface area contributed by atoms with E-state index < -0.39 is 10.0 Å². The van der Waals surface area contributed by atoms with Crippen molar-refractivity contribution >= 4 is 21.7 Å². The number of carbonyl (C=O) groups excluding carboxylic acids is 1. The van der Waals surface area contributed by atoms with E-state index in [2.05, 4.69) is 5.32 Å². The molecule has 0 atom stereocenters. The quantitative estimate of drug-likeness (QED) is 0.841. The first-order chi connectivity index (χ1) is 9.90. The molecule has 7 heteroatoms. The summed E-state index contributed by atoms with van der Waals surface area (Å²) in [7, 11) is -3.70. The molecule has 1 fully saturated rings. The van der Waals surface area contributed by atoms with Crippen molar-refractivity contribution in [3.05, 3.63) is 24.3 Å². The molecule has 0 heterocycles. The van der Waals surface area contributed by atoms with Gasteiger partial charge in [-0.1, -0.05) is 6.92 Å². The Bertz CT molecular complexity index is 594. The monoisotopic (exact) mass is 311 g/mol. The van der Waals surface area contributed by atoms with E-state index in [1.54, 1.807) is 12.1 Å². The lowest BCUT2D eigenvalue weighted by atomic mass is 10.3. The summed E-state index contributed by atoms with van der Waals surface area (Å²) >= 11 is 0. The molecule has 3 N–H and O–H groups in total. The average Bonchev–Trinajstić information content (AvgIpc) is 3.22. The zero-order valence-corrected chi connectivity index (χ0v) is 12.9. The van der Waals surface area contributed by atoms with Crippen LogP contribution in [0.5, 0.6) is 0 Å². The second-order valence-corrected chi connectivity index (χ2v) is 6.95. The number of nitrogens with two attached hydrogens (primary N) is 1. The van der Waals surface area contributed by atoms with Gasteiger partial charge in [-0.05, 0) is 49.4 Å². The Balaban J connectivity index is 2.00. The van der Waals surface area contributed by atoms with Crippen LogP contribution in [0.3, 0.4) is 0 Å². The first kappa shape index (κ1) is 15.8. The van der Waals surface area contributed by atoms with Gasteiger partial charge in [0.05, 0.1) is 4.90 Å². The maximum atomic E-state index is 12.2. The molecule has 1 aliphatic carbocycles. The Kier molecular flexibility index (Phi) is 4.84. The maximum Gasteiger partial charge on any atom is 0.321 e. The lowest BCUT2D eigenvalue weighted by Gasteiger charge is -2.22. The van der Waals surface area contributed by atoms with Crippen LogP contribution in [0, 0.1) is 5.92 Å². The molecule has 0 aliphatic heterocycles. The van der Waals surface area contributed by atoms with Gasteiger partial charge in [0.25, 0.3) is 0 Å². The van der Waals surface area contributed by atoms with E-state index in [4.69, 9.17) is 5.14 Å². The lowest BCUT2D eigenvalue weighted by molar-refractivity contribution is 0.209. The van der Waals surface area contributed by atoms with Crippen LogP contribution in [0.25, 0.3) is 0 Å². The van der Waals surface area contributed by atoms with Crippen molar-refractivity contribution < 1.29 is 13.2 Å². The highest BCUT2D eigenvalue weighted by Crippen LogP contribution is 2.30. The largest absolute Gasteiger partial charge is 0.324 e. The third-order valence-electron chi connectivity index (χ3n) is 3.39. The van der Waals surface area contributed by atoms with Gasteiger partial charge >= 0.3 is 6.03 Å². The molecule has 1 aromatic carbocycles. The molecule has 116 valence electrons. The Hall–Kier alpha value is -1.60. The highest BCUT2D eigenvalue weighted by atomic mass is 32.2. The molecule has 0 spiro atoms. The number of sulfonamides is 1. The van der Waals surface area contributed by atoms with Gasteiger partial charge in [-0.3, -0.25) is 0 Å². The van der Waals surface area contributed by atoms with Gasteiger partial charge in [0, 0.05) is 18.8 Å². The summed E-state index contributed by atoms with van der Waals surface area (Å²) in [6.07, 6.45) is 3.29. The van der Waals surface area contributed by atoms with Crippen molar-refractivity contribution in [3.8, 4) is 0 Å². The molecule has 21 heavy (non-hydrogen) atoms. The second kappa shape index (κ2) is 6.44. The number of benzene rings is 1. The average molecular weight is 311 g/mol. The fourth-order valence-electron chi connectivity index (χ4n) is 2.09. The van der Waals surface area contributed by atoms with Gasteiger partial charge in [0.1, 0.15) is 0 Å². The molecule has 0 aromatic heterocycles. The van der Waals surface area contributed by atoms with Crippen molar-refractivity contribution in [2.24, 2.45) is 11.1 Å². The first-order valence-corrected chi connectivity index (χ1v) is 8.63. The van der Waals surface area contributed by atoms with E-state index >= 15 is 0 Å². The molecule has 1 aromatic rings. The fourth-order valence-corrected chi connectivity index (χ4v) is 2.60. The summed E-state index contributed by atoms with van der Waals surface area (Å²) < 4.78 is 22.3. The van der Waals surface area contributed by atoms with Crippen LogP contribution in [0.4, 0.5) is 10.5 Å². The van der Waals surface area contributed by atoms with Gasteiger partial charge in [-0.2, -0.15) is 0 Å². The molecular formula is C14H21N3O3S. The van der Waals surface area contributed by atoms with E-state index in [0.717, 1.165) is 19.5 Å². The maximum absolute atomic E-state index is 12.2. The van der Waals surface area contributed by atoms with Crippen LogP contribution < -0.4 is 10.5 Å². The van der Waals surface area contributed by atoms with Crippen molar-refractivity contribution in [3.63, 3.8) is 0 Å². The van der Waals surface area contributed by atoms with Gasteiger partial charge in [-0.25, -0.2) is 18.4 Å². The van der Waals surface area contributed by atoms with Crippen LogP contribution in [-0.2, 0) is 10.0 Å². The van der Waals surface area contributed by atoms with E-state index in [9.17, 15) is 13.2 Å². The normalized spacial score (nSPS) is 14.8. The molecule has 0 radical (unpaired) electrons. The van der Waals surface area contributed by atoms with Gasteiger partial charge in [0.15, 0.2) is 0 Å². The Labute approximate surface area is 125 Å². The summed E-state index contributed by atoms with van der Waals surface area (Å²) in [6.45, 7) is 3.54.